The van der Waals surface area contributed by atoms with E-state index in [9.17, 15) is 4.79 Å². The summed E-state index contributed by atoms with van der Waals surface area (Å²) in [6.07, 6.45) is 1.87. The molecule has 0 spiro atoms. The maximum Gasteiger partial charge on any atom is 0.266 e. The Morgan fingerprint density at radius 3 is 2.77 bits per heavy atom. The van der Waals surface area contributed by atoms with E-state index >= 15 is 0 Å². The van der Waals surface area contributed by atoms with Crippen LogP contribution in [-0.4, -0.2) is 15.7 Å². The molecule has 0 radical (unpaired) electrons. The number of amides is 1. The van der Waals surface area contributed by atoms with E-state index in [0.717, 1.165) is 26.9 Å². The number of halogens is 1. The summed E-state index contributed by atoms with van der Waals surface area (Å²) in [5, 5.41) is 9.35. The number of anilines is 1. The summed E-state index contributed by atoms with van der Waals surface area (Å²) in [6, 6.07) is 18.0. The first-order valence-corrected chi connectivity index (χ1v) is 11.5. The lowest BCUT2D eigenvalue weighted by atomic mass is 10.1. The number of para-hydroxylation sites is 1. The second kappa shape index (κ2) is 9.49. The molecule has 4 aromatic rings. The van der Waals surface area contributed by atoms with Crippen molar-refractivity contribution < 1.29 is 9.53 Å². The van der Waals surface area contributed by atoms with Gasteiger partial charge in [-0.2, -0.15) is 5.10 Å². The standard InChI is InChI=1S/C24H22BrN3O2S/c1-16-6-5-8-18(10-16)12-28-13-20(25)23(27-28)26-24(29)22-11-19(15-31-22)14-30-21-9-4-3-7-17(21)2/h3-11,13,15H,12,14H2,1-2H3,(H,26,27,29). The third-order valence-electron chi connectivity index (χ3n) is 4.74. The van der Waals surface area contributed by atoms with E-state index in [1.54, 1.807) is 0 Å². The Morgan fingerprint density at radius 1 is 1.13 bits per heavy atom. The van der Waals surface area contributed by atoms with Gasteiger partial charge in [0.15, 0.2) is 5.82 Å². The van der Waals surface area contributed by atoms with Crippen LogP contribution < -0.4 is 10.1 Å². The van der Waals surface area contributed by atoms with E-state index in [-0.39, 0.29) is 5.91 Å². The molecule has 0 saturated carbocycles. The summed E-state index contributed by atoms with van der Waals surface area (Å²) in [6.45, 7) is 5.13. The first-order valence-electron chi connectivity index (χ1n) is 9.83. The molecule has 7 heteroatoms. The number of nitrogens with zero attached hydrogens (tertiary/aromatic N) is 2. The van der Waals surface area contributed by atoms with Gasteiger partial charge < -0.3 is 10.1 Å². The van der Waals surface area contributed by atoms with Gasteiger partial charge in [-0.05, 0) is 58.4 Å². The average Bonchev–Trinajstić information content (AvgIpc) is 3.34. The van der Waals surface area contributed by atoms with Crippen molar-refractivity contribution in [1.29, 1.82) is 0 Å². The number of aromatic nitrogens is 2. The Kier molecular flexibility index (Phi) is 6.53. The van der Waals surface area contributed by atoms with Gasteiger partial charge in [-0.15, -0.1) is 11.3 Å². The molecule has 31 heavy (non-hydrogen) atoms. The molecular weight excluding hydrogens is 474 g/mol. The minimum absolute atomic E-state index is 0.186. The number of hydrogen-bond donors (Lipinski definition) is 1. The van der Waals surface area contributed by atoms with Crippen molar-refractivity contribution in [2.24, 2.45) is 0 Å². The molecule has 2 aromatic heterocycles. The fraction of sp³-hybridized carbons (Fsp3) is 0.167. The SMILES string of the molecule is Cc1cccc(Cn2cc(Br)c(NC(=O)c3cc(COc4ccccc4C)cs3)n2)c1. The van der Waals surface area contributed by atoms with Gasteiger partial charge in [0.1, 0.15) is 12.4 Å². The van der Waals surface area contributed by atoms with Crippen LogP contribution in [0.5, 0.6) is 5.75 Å². The molecule has 0 aliphatic heterocycles. The number of nitrogens with one attached hydrogen (secondary N) is 1. The van der Waals surface area contributed by atoms with Crippen molar-refractivity contribution in [2.75, 3.05) is 5.32 Å². The van der Waals surface area contributed by atoms with Crippen molar-refractivity contribution in [3.63, 3.8) is 0 Å². The van der Waals surface area contributed by atoms with E-state index in [2.05, 4.69) is 51.5 Å². The minimum Gasteiger partial charge on any atom is -0.489 e. The molecule has 0 atom stereocenters. The van der Waals surface area contributed by atoms with E-state index in [0.29, 0.717) is 23.8 Å². The normalized spacial score (nSPS) is 10.8. The van der Waals surface area contributed by atoms with Crippen LogP contribution in [0.25, 0.3) is 0 Å². The van der Waals surface area contributed by atoms with E-state index < -0.39 is 0 Å². The van der Waals surface area contributed by atoms with Crippen molar-refractivity contribution in [3.05, 3.63) is 97.8 Å². The first-order chi connectivity index (χ1) is 15.0. The largest absolute Gasteiger partial charge is 0.489 e. The van der Waals surface area contributed by atoms with Crippen LogP contribution in [0.15, 0.2) is 70.6 Å². The monoisotopic (exact) mass is 495 g/mol. The molecule has 1 amide bonds. The average molecular weight is 496 g/mol. The molecule has 1 N–H and O–H groups in total. The van der Waals surface area contributed by atoms with Crippen LogP contribution >= 0.6 is 27.3 Å². The third kappa shape index (κ3) is 5.42. The predicted molar refractivity (Wildman–Crippen MR) is 128 cm³/mol. The van der Waals surface area contributed by atoms with Crippen molar-refractivity contribution in [1.82, 2.24) is 9.78 Å². The maximum absolute atomic E-state index is 12.7. The zero-order valence-corrected chi connectivity index (χ0v) is 19.7. The Morgan fingerprint density at radius 2 is 1.97 bits per heavy atom. The number of thiophene rings is 1. The lowest BCUT2D eigenvalue weighted by Gasteiger charge is -2.07. The van der Waals surface area contributed by atoms with Gasteiger partial charge in [-0.1, -0.05) is 48.0 Å². The smallest absolute Gasteiger partial charge is 0.266 e. The minimum atomic E-state index is -0.186. The number of rotatable bonds is 7. The van der Waals surface area contributed by atoms with Gasteiger partial charge >= 0.3 is 0 Å². The fourth-order valence-electron chi connectivity index (χ4n) is 3.18. The van der Waals surface area contributed by atoms with Crippen LogP contribution in [0.3, 0.4) is 0 Å². The quantitative estimate of drug-likeness (QED) is 0.331. The molecule has 0 aliphatic carbocycles. The summed E-state index contributed by atoms with van der Waals surface area (Å²) in [5.74, 6) is 1.17. The Labute approximate surface area is 193 Å². The highest BCUT2D eigenvalue weighted by atomic mass is 79.9. The molecule has 4 rings (SSSR count). The van der Waals surface area contributed by atoms with Crippen LogP contribution in [0, 0.1) is 13.8 Å². The summed E-state index contributed by atoms with van der Waals surface area (Å²) in [7, 11) is 0. The zero-order chi connectivity index (χ0) is 21.8. The van der Waals surface area contributed by atoms with Crippen LogP contribution in [0.2, 0.25) is 0 Å². The molecule has 0 unspecified atom stereocenters. The Bertz CT molecular complexity index is 1220. The molecule has 0 fully saturated rings. The molecule has 5 nitrogen and oxygen atoms in total. The zero-order valence-electron chi connectivity index (χ0n) is 17.3. The fourth-order valence-corrected chi connectivity index (χ4v) is 4.39. The topological polar surface area (TPSA) is 56.2 Å². The van der Waals surface area contributed by atoms with Gasteiger partial charge in [0.05, 0.1) is 15.9 Å². The Balaban J connectivity index is 1.38. The number of ether oxygens (including phenoxy) is 1. The van der Waals surface area contributed by atoms with Gasteiger partial charge in [-0.3, -0.25) is 9.48 Å². The highest BCUT2D eigenvalue weighted by molar-refractivity contribution is 9.10. The van der Waals surface area contributed by atoms with Crippen LogP contribution in [0.1, 0.15) is 31.9 Å². The maximum atomic E-state index is 12.7. The molecule has 0 saturated heterocycles. The second-order valence-corrected chi connectivity index (χ2v) is 9.11. The number of benzene rings is 2. The van der Waals surface area contributed by atoms with E-state index in [4.69, 9.17) is 4.74 Å². The van der Waals surface area contributed by atoms with Crippen LogP contribution in [-0.2, 0) is 13.2 Å². The number of hydrogen-bond acceptors (Lipinski definition) is 4. The molecule has 2 heterocycles. The van der Waals surface area contributed by atoms with Gasteiger partial charge in [0, 0.05) is 11.8 Å². The summed E-state index contributed by atoms with van der Waals surface area (Å²) < 4.78 is 8.43. The van der Waals surface area contributed by atoms with Crippen LogP contribution in [0.4, 0.5) is 5.82 Å². The van der Waals surface area contributed by atoms with Crippen molar-refractivity contribution in [2.45, 2.75) is 27.0 Å². The highest BCUT2D eigenvalue weighted by Crippen LogP contribution is 2.24. The van der Waals surface area contributed by atoms with Gasteiger partial charge in [-0.25, -0.2) is 0 Å². The Hall–Kier alpha value is -2.90. The lowest BCUT2D eigenvalue weighted by molar-refractivity contribution is 0.103. The lowest BCUT2D eigenvalue weighted by Crippen LogP contribution is -2.12. The van der Waals surface area contributed by atoms with E-state index in [1.165, 1.54) is 16.9 Å². The van der Waals surface area contributed by atoms with E-state index in [1.807, 2.05) is 59.6 Å². The third-order valence-corrected chi connectivity index (χ3v) is 6.30. The molecule has 0 bridgehead atoms. The molecule has 2 aromatic carbocycles. The summed E-state index contributed by atoms with van der Waals surface area (Å²) >= 11 is 4.89. The molecular formula is C24H22BrN3O2S. The summed E-state index contributed by atoms with van der Waals surface area (Å²) in [4.78, 5) is 13.3. The number of aryl methyl sites for hydroxylation is 2. The molecule has 158 valence electrons. The van der Waals surface area contributed by atoms with Crippen molar-refractivity contribution >= 4 is 39.0 Å². The van der Waals surface area contributed by atoms with Gasteiger partial charge in [0.25, 0.3) is 5.91 Å². The first kappa shape index (κ1) is 21.3. The number of carbonyl (C=O) groups is 1. The van der Waals surface area contributed by atoms with Gasteiger partial charge in [0.2, 0.25) is 0 Å². The molecule has 0 aliphatic rings. The predicted octanol–water partition coefficient (Wildman–Crippen LogP) is 6.20. The second-order valence-electron chi connectivity index (χ2n) is 7.34. The van der Waals surface area contributed by atoms with Crippen molar-refractivity contribution in [3.8, 4) is 5.75 Å². The summed E-state index contributed by atoms with van der Waals surface area (Å²) in [5.41, 5.74) is 4.41. The number of carbonyl (C=O) groups excluding carboxylic acids is 1. The highest BCUT2D eigenvalue weighted by Gasteiger charge is 2.14.